The van der Waals surface area contributed by atoms with E-state index >= 15 is 0 Å². The molecule has 0 unspecified atom stereocenters. The number of hydrogen-bond donors (Lipinski definition) is 2. The van der Waals surface area contributed by atoms with Crippen molar-refractivity contribution in [1.29, 1.82) is 0 Å². The zero-order chi connectivity index (χ0) is 12.8. The van der Waals surface area contributed by atoms with E-state index < -0.39 is 11.6 Å². The van der Waals surface area contributed by atoms with Crippen LogP contribution in [0.1, 0.15) is 12.0 Å². The summed E-state index contributed by atoms with van der Waals surface area (Å²) in [5.74, 6) is -1.75. The highest BCUT2D eigenvalue weighted by Gasteiger charge is 2.08. The Balaban J connectivity index is 2.48. The van der Waals surface area contributed by atoms with Crippen molar-refractivity contribution < 1.29 is 13.6 Å². The van der Waals surface area contributed by atoms with Crippen LogP contribution >= 0.6 is 12.2 Å². The van der Waals surface area contributed by atoms with Gasteiger partial charge in [0.1, 0.15) is 11.6 Å². The number of amides is 1. The van der Waals surface area contributed by atoms with Gasteiger partial charge in [0.2, 0.25) is 5.91 Å². The third kappa shape index (κ3) is 4.86. The first-order valence-corrected chi connectivity index (χ1v) is 5.39. The normalized spacial score (nSPS) is 10.0. The van der Waals surface area contributed by atoms with Crippen LogP contribution in [0.4, 0.5) is 8.78 Å². The molecule has 0 aliphatic carbocycles. The maximum Gasteiger partial charge on any atom is 0.224 e. The summed E-state index contributed by atoms with van der Waals surface area (Å²) in [4.78, 5) is 11.7. The number of thiocarbonyl (C=S) groups is 1. The highest BCUT2D eigenvalue weighted by molar-refractivity contribution is 7.80. The molecule has 0 aliphatic heterocycles. The predicted molar refractivity (Wildman–Crippen MR) is 64.5 cm³/mol. The lowest BCUT2D eigenvalue weighted by atomic mass is 10.1. The molecule has 0 radical (unpaired) electrons. The highest BCUT2D eigenvalue weighted by Crippen LogP contribution is 2.09. The monoisotopic (exact) mass is 258 g/mol. The Morgan fingerprint density at radius 2 is 2.12 bits per heavy atom. The molecule has 0 atom stereocenters. The van der Waals surface area contributed by atoms with Crippen LogP contribution in [0.3, 0.4) is 0 Å². The Morgan fingerprint density at radius 1 is 1.41 bits per heavy atom. The molecule has 0 aliphatic rings. The summed E-state index contributed by atoms with van der Waals surface area (Å²) in [6.07, 6.45) is 0.260. The van der Waals surface area contributed by atoms with E-state index in [0.717, 1.165) is 12.1 Å². The van der Waals surface area contributed by atoms with Gasteiger partial charge in [-0.1, -0.05) is 18.3 Å². The third-order valence-electron chi connectivity index (χ3n) is 2.06. The fraction of sp³-hybridized carbons (Fsp3) is 0.273. The Hall–Kier alpha value is -1.56. The molecule has 0 bridgehead atoms. The zero-order valence-electron chi connectivity index (χ0n) is 9.00. The second kappa shape index (κ2) is 6.24. The number of rotatable bonds is 5. The van der Waals surface area contributed by atoms with Crippen molar-refractivity contribution in [3.8, 4) is 0 Å². The summed E-state index contributed by atoms with van der Waals surface area (Å²) in [7, 11) is 0. The van der Waals surface area contributed by atoms with Crippen molar-refractivity contribution in [3.05, 3.63) is 35.4 Å². The van der Waals surface area contributed by atoms with Crippen LogP contribution < -0.4 is 11.1 Å². The van der Waals surface area contributed by atoms with Crippen LogP contribution in [-0.4, -0.2) is 17.4 Å². The van der Waals surface area contributed by atoms with E-state index in [0.29, 0.717) is 18.0 Å². The first kappa shape index (κ1) is 13.5. The number of carbonyl (C=O) groups excluding carboxylic acids is 1. The van der Waals surface area contributed by atoms with E-state index in [1.807, 2.05) is 0 Å². The molecular weight excluding hydrogens is 246 g/mol. The lowest BCUT2D eigenvalue weighted by molar-refractivity contribution is -0.120. The number of halogens is 2. The maximum atomic E-state index is 13.2. The maximum absolute atomic E-state index is 13.2. The van der Waals surface area contributed by atoms with Crippen molar-refractivity contribution in [2.24, 2.45) is 5.73 Å². The van der Waals surface area contributed by atoms with Crippen LogP contribution in [-0.2, 0) is 11.2 Å². The molecular formula is C11H12F2N2OS. The zero-order valence-corrected chi connectivity index (χ0v) is 9.82. The molecule has 92 valence electrons. The van der Waals surface area contributed by atoms with Gasteiger partial charge in [-0.15, -0.1) is 0 Å². The second-order valence-corrected chi connectivity index (χ2v) is 4.00. The van der Waals surface area contributed by atoms with Crippen molar-refractivity contribution in [2.45, 2.75) is 12.8 Å². The van der Waals surface area contributed by atoms with Gasteiger partial charge in [-0.05, 0) is 11.6 Å². The average Bonchev–Trinajstić information content (AvgIpc) is 2.21. The highest BCUT2D eigenvalue weighted by atomic mass is 32.1. The van der Waals surface area contributed by atoms with E-state index in [2.05, 4.69) is 17.5 Å². The summed E-state index contributed by atoms with van der Waals surface area (Å²) in [5.41, 5.74) is 5.40. The Bertz CT molecular complexity index is 437. The Kier molecular flexibility index (Phi) is 4.96. The van der Waals surface area contributed by atoms with Crippen LogP contribution in [0, 0.1) is 11.6 Å². The van der Waals surface area contributed by atoms with Crippen molar-refractivity contribution in [1.82, 2.24) is 5.32 Å². The van der Waals surface area contributed by atoms with E-state index in [1.165, 1.54) is 6.07 Å². The topological polar surface area (TPSA) is 55.1 Å². The molecule has 6 heteroatoms. The van der Waals surface area contributed by atoms with Crippen LogP contribution in [0.5, 0.6) is 0 Å². The number of nitrogens with two attached hydrogens (primary N) is 1. The largest absolute Gasteiger partial charge is 0.393 e. The summed E-state index contributed by atoms with van der Waals surface area (Å²) < 4.78 is 25.8. The van der Waals surface area contributed by atoms with Crippen molar-refractivity contribution in [2.75, 3.05) is 6.54 Å². The van der Waals surface area contributed by atoms with Gasteiger partial charge in [0, 0.05) is 19.0 Å². The fourth-order valence-electron chi connectivity index (χ4n) is 1.23. The van der Waals surface area contributed by atoms with Crippen LogP contribution in [0.2, 0.25) is 0 Å². The van der Waals surface area contributed by atoms with Gasteiger partial charge in [0.05, 0.1) is 11.4 Å². The summed E-state index contributed by atoms with van der Waals surface area (Å²) in [6, 6.07) is 3.11. The first-order valence-electron chi connectivity index (χ1n) is 4.98. The minimum atomic E-state index is -0.727. The molecule has 17 heavy (non-hydrogen) atoms. The molecule has 1 aromatic rings. The Morgan fingerprint density at radius 3 is 2.71 bits per heavy atom. The summed E-state index contributed by atoms with van der Waals surface area (Å²) >= 11 is 4.64. The number of nitrogens with one attached hydrogen (secondary N) is 1. The molecule has 1 rings (SSSR count). The number of carbonyl (C=O) groups is 1. The van der Waals surface area contributed by atoms with Gasteiger partial charge in [-0.25, -0.2) is 8.78 Å². The lowest BCUT2D eigenvalue weighted by Gasteiger charge is -2.05. The summed E-state index contributed by atoms with van der Waals surface area (Å²) in [5, 5.41) is 2.54. The minimum absolute atomic E-state index is 0.135. The molecule has 0 fully saturated rings. The molecule has 1 amide bonds. The molecule has 3 N–H and O–H groups in total. The molecule has 3 nitrogen and oxygen atoms in total. The van der Waals surface area contributed by atoms with Gasteiger partial charge in [-0.2, -0.15) is 0 Å². The van der Waals surface area contributed by atoms with E-state index in [9.17, 15) is 13.6 Å². The van der Waals surface area contributed by atoms with Gasteiger partial charge >= 0.3 is 0 Å². The van der Waals surface area contributed by atoms with Crippen LogP contribution in [0.25, 0.3) is 0 Å². The molecule has 0 saturated carbocycles. The standard InChI is InChI=1S/C11H12F2N2OS/c12-8-2-1-7(9(13)6-8)5-11(16)15-4-3-10(14)17/h1-2,6H,3-5H2,(H2,14,17)(H,15,16). The quantitative estimate of drug-likeness (QED) is 0.783. The SMILES string of the molecule is NC(=S)CCNC(=O)Cc1ccc(F)cc1F. The number of hydrogen-bond acceptors (Lipinski definition) is 2. The van der Waals surface area contributed by atoms with E-state index in [-0.39, 0.29) is 17.9 Å². The van der Waals surface area contributed by atoms with Gasteiger partial charge in [-0.3, -0.25) is 4.79 Å². The first-order chi connectivity index (χ1) is 7.99. The second-order valence-electron chi connectivity index (χ2n) is 3.48. The van der Waals surface area contributed by atoms with Gasteiger partial charge < -0.3 is 11.1 Å². The minimum Gasteiger partial charge on any atom is -0.393 e. The fourth-order valence-corrected chi connectivity index (χ4v) is 1.33. The third-order valence-corrected chi connectivity index (χ3v) is 2.26. The van der Waals surface area contributed by atoms with Gasteiger partial charge in [0.15, 0.2) is 0 Å². The van der Waals surface area contributed by atoms with Crippen molar-refractivity contribution >= 4 is 23.1 Å². The summed E-state index contributed by atoms with van der Waals surface area (Å²) in [6.45, 7) is 0.316. The molecule has 0 aromatic heterocycles. The average molecular weight is 258 g/mol. The molecule has 0 saturated heterocycles. The molecule has 1 aromatic carbocycles. The molecule has 0 spiro atoms. The molecule has 0 heterocycles. The van der Waals surface area contributed by atoms with E-state index in [4.69, 9.17) is 5.73 Å². The van der Waals surface area contributed by atoms with Crippen molar-refractivity contribution in [3.63, 3.8) is 0 Å². The van der Waals surface area contributed by atoms with E-state index in [1.54, 1.807) is 0 Å². The lowest BCUT2D eigenvalue weighted by Crippen LogP contribution is -2.28. The Labute approximate surface area is 103 Å². The predicted octanol–water partition coefficient (Wildman–Crippen LogP) is 1.30. The number of benzene rings is 1. The van der Waals surface area contributed by atoms with Gasteiger partial charge in [0.25, 0.3) is 0 Å². The van der Waals surface area contributed by atoms with Crippen LogP contribution in [0.15, 0.2) is 18.2 Å². The smallest absolute Gasteiger partial charge is 0.224 e.